The zero-order valence-corrected chi connectivity index (χ0v) is 10.4. The summed E-state index contributed by atoms with van der Waals surface area (Å²) in [6, 6.07) is 7.51. The highest BCUT2D eigenvalue weighted by Crippen LogP contribution is 2.13. The molecule has 0 saturated carbocycles. The van der Waals surface area contributed by atoms with Gasteiger partial charge in [0.2, 0.25) is 5.91 Å². The summed E-state index contributed by atoms with van der Waals surface area (Å²) in [6.45, 7) is 2.33. The highest BCUT2D eigenvalue weighted by atomic mass is 16.5. The summed E-state index contributed by atoms with van der Waals surface area (Å²) in [5.41, 5.74) is 6.65. The molecule has 1 amide bonds. The maximum Gasteiger partial charge on any atom is 0.236 e. The number of amides is 1. The monoisotopic (exact) mass is 236 g/mol. The van der Waals surface area contributed by atoms with Crippen LogP contribution in [0.3, 0.4) is 0 Å². The van der Waals surface area contributed by atoms with Gasteiger partial charge in [-0.1, -0.05) is 12.1 Å². The van der Waals surface area contributed by atoms with E-state index < -0.39 is 6.04 Å². The Morgan fingerprint density at radius 1 is 1.53 bits per heavy atom. The Morgan fingerprint density at radius 2 is 2.29 bits per heavy atom. The molecule has 0 saturated heterocycles. The minimum atomic E-state index is -0.438. The average molecular weight is 236 g/mol. The molecule has 0 radical (unpaired) electrons. The number of benzene rings is 1. The average Bonchev–Trinajstić information content (AvgIpc) is 2.34. The summed E-state index contributed by atoms with van der Waals surface area (Å²) in [7, 11) is 1.65. The first-order valence-corrected chi connectivity index (χ1v) is 5.79. The first-order chi connectivity index (χ1) is 8.13. The van der Waals surface area contributed by atoms with E-state index in [1.165, 1.54) is 5.56 Å². The molecule has 3 N–H and O–H groups in total. The van der Waals surface area contributed by atoms with Crippen molar-refractivity contribution in [2.24, 2.45) is 5.73 Å². The van der Waals surface area contributed by atoms with Crippen molar-refractivity contribution in [1.82, 2.24) is 5.32 Å². The molecule has 1 atom stereocenters. The quantitative estimate of drug-likeness (QED) is 0.727. The van der Waals surface area contributed by atoms with E-state index in [-0.39, 0.29) is 5.91 Å². The molecule has 0 unspecified atom stereocenters. The third-order valence-electron chi connectivity index (χ3n) is 2.49. The van der Waals surface area contributed by atoms with Gasteiger partial charge < -0.3 is 15.8 Å². The van der Waals surface area contributed by atoms with E-state index in [2.05, 4.69) is 11.4 Å². The molecule has 94 valence electrons. The number of hydrogen-bond donors (Lipinski definition) is 2. The minimum absolute atomic E-state index is 0.101. The van der Waals surface area contributed by atoms with E-state index >= 15 is 0 Å². The molecule has 0 aromatic heterocycles. The van der Waals surface area contributed by atoms with Gasteiger partial charge in [-0.05, 0) is 37.5 Å². The standard InChI is InChI=1S/C13H20N2O2/c1-10(14)13(16)15-8-4-6-11-5-3-7-12(9-11)17-2/h3,5,7,9-10H,4,6,8,14H2,1-2H3,(H,15,16)/t10-/m0/s1. The van der Waals surface area contributed by atoms with Crippen molar-refractivity contribution >= 4 is 5.91 Å². The number of nitrogens with one attached hydrogen (secondary N) is 1. The summed E-state index contributed by atoms with van der Waals surface area (Å²) in [5.74, 6) is 0.762. The van der Waals surface area contributed by atoms with E-state index in [1.54, 1.807) is 14.0 Å². The molecule has 0 spiro atoms. The molecule has 0 fully saturated rings. The Kier molecular flexibility index (Phi) is 5.49. The summed E-state index contributed by atoms with van der Waals surface area (Å²) in [6.07, 6.45) is 1.81. The van der Waals surface area contributed by atoms with Crippen LogP contribution in [0.5, 0.6) is 5.75 Å². The molecule has 4 nitrogen and oxygen atoms in total. The lowest BCUT2D eigenvalue weighted by Crippen LogP contribution is -2.38. The Morgan fingerprint density at radius 3 is 2.94 bits per heavy atom. The van der Waals surface area contributed by atoms with Crippen molar-refractivity contribution in [3.8, 4) is 5.75 Å². The first kappa shape index (κ1) is 13.5. The van der Waals surface area contributed by atoms with Crippen LogP contribution < -0.4 is 15.8 Å². The molecule has 0 heterocycles. The van der Waals surface area contributed by atoms with E-state index in [0.717, 1.165) is 18.6 Å². The number of carbonyl (C=O) groups excluding carboxylic acids is 1. The van der Waals surface area contributed by atoms with Crippen LogP contribution in [0.15, 0.2) is 24.3 Å². The number of carbonyl (C=O) groups is 1. The van der Waals surface area contributed by atoms with Crippen LogP contribution in [0, 0.1) is 0 Å². The first-order valence-electron chi connectivity index (χ1n) is 5.79. The molecular formula is C13H20N2O2. The lowest BCUT2D eigenvalue weighted by Gasteiger charge is -2.08. The Hall–Kier alpha value is -1.55. The molecular weight excluding hydrogens is 216 g/mol. The second kappa shape index (κ2) is 6.91. The normalized spacial score (nSPS) is 11.9. The Labute approximate surface area is 102 Å². The predicted molar refractivity (Wildman–Crippen MR) is 68.0 cm³/mol. The highest BCUT2D eigenvalue weighted by Gasteiger charge is 2.05. The van der Waals surface area contributed by atoms with Crippen LogP contribution in [0.2, 0.25) is 0 Å². The fourth-order valence-electron chi connectivity index (χ4n) is 1.49. The maximum atomic E-state index is 11.2. The van der Waals surface area contributed by atoms with Gasteiger partial charge in [-0.25, -0.2) is 0 Å². The summed E-state index contributed by atoms with van der Waals surface area (Å²) >= 11 is 0. The van der Waals surface area contributed by atoms with Gasteiger partial charge in [0, 0.05) is 6.54 Å². The van der Waals surface area contributed by atoms with Crippen molar-refractivity contribution in [2.75, 3.05) is 13.7 Å². The highest BCUT2D eigenvalue weighted by molar-refractivity contribution is 5.80. The number of hydrogen-bond acceptors (Lipinski definition) is 3. The molecule has 4 heteroatoms. The molecule has 0 bridgehead atoms. The van der Waals surface area contributed by atoms with Crippen LogP contribution in [0.1, 0.15) is 18.9 Å². The largest absolute Gasteiger partial charge is 0.497 e. The van der Waals surface area contributed by atoms with E-state index in [4.69, 9.17) is 10.5 Å². The number of rotatable bonds is 6. The van der Waals surface area contributed by atoms with Crippen molar-refractivity contribution in [2.45, 2.75) is 25.8 Å². The summed E-state index contributed by atoms with van der Waals surface area (Å²) in [4.78, 5) is 11.2. The number of methoxy groups -OCH3 is 1. The molecule has 17 heavy (non-hydrogen) atoms. The van der Waals surface area contributed by atoms with Gasteiger partial charge in [-0.15, -0.1) is 0 Å². The molecule has 1 aromatic rings. The van der Waals surface area contributed by atoms with Crippen molar-refractivity contribution in [3.05, 3.63) is 29.8 Å². The Balaban J connectivity index is 2.28. The van der Waals surface area contributed by atoms with Gasteiger partial charge in [0.15, 0.2) is 0 Å². The molecule has 0 aliphatic carbocycles. The van der Waals surface area contributed by atoms with E-state index in [9.17, 15) is 4.79 Å². The third-order valence-corrected chi connectivity index (χ3v) is 2.49. The van der Waals surface area contributed by atoms with Crippen molar-refractivity contribution < 1.29 is 9.53 Å². The molecule has 0 aliphatic rings. The van der Waals surface area contributed by atoms with Crippen molar-refractivity contribution in [1.29, 1.82) is 0 Å². The Bertz CT molecular complexity index is 364. The fraction of sp³-hybridized carbons (Fsp3) is 0.462. The summed E-state index contributed by atoms with van der Waals surface area (Å²) in [5, 5.41) is 2.79. The van der Waals surface area contributed by atoms with E-state index in [1.807, 2.05) is 18.2 Å². The van der Waals surface area contributed by atoms with Gasteiger partial charge >= 0.3 is 0 Å². The number of nitrogens with two attached hydrogens (primary N) is 1. The zero-order valence-electron chi connectivity index (χ0n) is 10.4. The fourth-order valence-corrected chi connectivity index (χ4v) is 1.49. The van der Waals surface area contributed by atoms with Crippen LogP contribution in [-0.2, 0) is 11.2 Å². The topological polar surface area (TPSA) is 64.3 Å². The van der Waals surface area contributed by atoms with Crippen molar-refractivity contribution in [3.63, 3.8) is 0 Å². The van der Waals surface area contributed by atoms with Gasteiger partial charge in [-0.3, -0.25) is 4.79 Å². The van der Waals surface area contributed by atoms with Gasteiger partial charge in [0.25, 0.3) is 0 Å². The summed E-state index contributed by atoms with van der Waals surface area (Å²) < 4.78 is 5.14. The van der Waals surface area contributed by atoms with Gasteiger partial charge in [0.05, 0.1) is 13.2 Å². The maximum absolute atomic E-state index is 11.2. The van der Waals surface area contributed by atoms with Crippen LogP contribution >= 0.6 is 0 Å². The second-order valence-corrected chi connectivity index (χ2v) is 4.03. The zero-order chi connectivity index (χ0) is 12.7. The van der Waals surface area contributed by atoms with E-state index in [0.29, 0.717) is 6.54 Å². The van der Waals surface area contributed by atoms with Crippen LogP contribution in [-0.4, -0.2) is 25.6 Å². The van der Waals surface area contributed by atoms with Gasteiger partial charge in [0.1, 0.15) is 5.75 Å². The lowest BCUT2D eigenvalue weighted by atomic mass is 10.1. The smallest absolute Gasteiger partial charge is 0.236 e. The predicted octanol–water partition coefficient (Wildman–Crippen LogP) is 1.09. The minimum Gasteiger partial charge on any atom is -0.497 e. The second-order valence-electron chi connectivity index (χ2n) is 4.03. The number of aryl methyl sites for hydroxylation is 1. The molecule has 1 aromatic carbocycles. The van der Waals surface area contributed by atoms with Crippen LogP contribution in [0.25, 0.3) is 0 Å². The van der Waals surface area contributed by atoms with Gasteiger partial charge in [-0.2, -0.15) is 0 Å². The molecule has 0 aliphatic heterocycles. The van der Waals surface area contributed by atoms with Crippen LogP contribution in [0.4, 0.5) is 0 Å². The molecule has 1 rings (SSSR count). The lowest BCUT2D eigenvalue weighted by molar-refractivity contribution is -0.121. The number of ether oxygens (including phenoxy) is 1. The third kappa shape index (κ3) is 4.87. The SMILES string of the molecule is COc1cccc(CCCNC(=O)[C@H](C)N)c1.